The summed E-state index contributed by atoms with van der Waals surface area (Å²) in [6.45, 7) is 2.00. The van der Waals surface area contributed by atoms with E-state index in [1.807, 2.05) is 43.3 Å². The molecule has 0 bridgehead atoms. The normalized spacial score (nSPS) is 11.0. The second kappa shape index (κ2) is 6.26. The van der Waals surface area contributed by atoms with E-state index in [-0.39, 0.29) is 0 Å². The number of ether oxygens (including phenoxy) is 1. The average molecular weight is 349 g/mol. The molecule has 0 fully saturated rings. The van der Waals surface area contributed by atoms with Crippen LogP contribution in [0.4, 0.5) is 0 Å². The van der Waals surface area contributed by atoms with Gasteiger partial charge in [-0.2, -0.15) is 0 Å². The Hall–Kier alpha value is -2.78. The Morgan fingerprint density at radius 1 is 0.920 bits per heavy atom. The number of methoxy groups -OCH3 is 1. The quantitative estimate of drug-likeness (QED) is 0.477. The molecule has 0 N–H and O–H groups in total. The van der Waals surface area contributed by atoms with Crippen molar-refractivity contribution >= 4 is 22.6 Å². The summed E-state index contributed by atoms with van der Waals surface area (Å²) in [5.74, 6) is 1.58. The fourth-order valence-corrected chi connectivity index (χ4v) is 3.38. The second-order valence-corrected chi connectivity index (χ2v) is 6.29. The molecule has 4 rings (SSSR count). The second-order valence-electron chi connectivity index (χ2n) is 5.88. The Labute approximate surface area is 151 Å². The van der Waals surface area contributed by atoms with Crippen LogP contribution in [-0.2, 0) is 0 Å². The van der Waals surface area contributed by atoms with E-state index in [1.54, 1.807) is 7.11 Å². The van der Waals surface area contributed by atoms with E-state index in [9.17, 15) is 0 Å². The number of aromatic nitrogens is 2. The van der Waals surface area contributed by atoms with Crippen LogP contribution >= 0.6 is 11.6 Å². The lowest BCUT2D eigenvalue weighted by atomic mass is 10.1. The molecule has 0 amide bonds. The highest BCUT2D eigenvalue weighted by molar-refractivity contribution is 6.32. The first-order chi connectivity index (χ1) is 12.2. The van der Waals surface area contributed by atoms with Crippen LogP contribution in [0.15, 0.2) is 66.7 Å². The predicted octanol–water partition coefficient (Wildman–Crippen LogP) is 5.66. The third kappa shape index (κ3) is 2.77. The smallest absolute Gasteiger partial charge is 0.137 e. The van der Waals surface area contributed by atoms with Crippen molar-refractivity contribution in [3.63, 3.8) is 0 Å². The van der Waals surface area contributed by atoms with Gasteiger partial charge in [-0.3, -0.25) is 4.57 Å². The fourth-order valence-electron chi connectivity index (χ4n) is 3.13. The van der Waals surface area contributed by atoms with Crippen LogP contribution in [0.1, 0.15) is 5.82 Å². The molecule has 1 heterocycles. The van der Waals surface area contributed by atoms with Gasteiger partial charge in [0.2, 0.25) is 0 Å². The number of fused-ring (bicyclic) bond motifs is 1. The number of halogens is 1. The third-order valence-corrected chi connectivity index (χ3v) is 4.62. The van der Waals surface area contributed by atoms with Crippen molar-refractivity contribution in [3.05, 3.63) is 77.6 Å². The lowest BCUT2D eigenvalue weighted by molar-refractivity contribution is 0.415. The van der Waals surface area contributed by atoms with Gasteiger partial charge in [-0.15, -0.1) is 0 Å². The highest BCUT2D eigenvalue weighted by Gasteiger charge is 2.12. The molecule has 0 unspecified atom stereocenters. The van der Waals surface area contributed by atoms with Crippen LogP contribution in [0.25, 0.3) is 27.8 Å². The summed E-state index contributed by atoms with van der Waals surface area (Å²) in [6.07, 6.45) is 0. The van der Waals surface area contributed by atoms with Gasteiger partial charge in [0.15, 0.2) is 0 Å². The summed E-state index contributed by atoms with van der Waals surface area (Å²) in [6, 6.07) is 22.5. The largest absolute Gasteiger partial charge is 0.495 e. The fraction of sp³-hybridized carbons (Fsp3) is 0.0952. The third-order valence-electron chi connectivity index (χ3n) is 4.32. The van der Waals surface area contributed by atoms with Crippen LogP contribution in [0.5, 0.6) is 5.75 Å². The number of benzene rings is 3. The number of hydrogen-bond acceptors (Lipinski definition) is 2. The van der Waals surface area contributed by atoms with Gasteiger partial charge in [-0.1, -0.05) is 48.0 Å². The number of hydrogen-bond donors (Lipinski definition) is 0. The topological polar surface area (TPSA) is 27.1 Å². The molecule has 4 aromatic rings. The average Bonchev–Trinajstić information content (AvgIpc) is 2.97. The minimum atomic E-state index is 0.584. The van der Waals surface area contributed by atoms with Crippen molar-refractivity contribution in [1.82, 2.24) is 9.55 Å². The molecule has 25 heavy (non-hydrogen) atoms. The molecule has 0 atom stereocenters. The molecule has 3 aromatic carbocycles. The maximum absolute atomic E-state index is 6.32. The van der Waals surface area contributed by atoms with Crippen LogP contribution in [0, 0.1) is 6.92 Å². The number of rotatable bonds is 3. The predicted molar refractivity (Wildman–Crippen MR) is 103 cm³/mol. The van der Waals surface area contributed by atoms with E-state index in [1.165, 1.54) is 5.56 Å². The first kappa shape index (κ1) is 15.7. The molecule has 124 valence electrons. The highest BCUT2D eigenvalue weighted by atomic mass is 35.5. The molecule has 0 radical (unpaired) electrons. The maximum Gasteiger partial charge on any atom is 0.137 e. The molecule has 0 saturated heterocycles. The number of imidazole rings is 1. The van der Waals surface area contributed by atoms with Gasteiger partial charge in [0, 0.05) is 5.69 Å². The van der Waals surface area contributed by atoms with Crippen molar-refractivity contribution in [1.29, 1.82) is 0 Å². The minimum absolute atomic E-state index is 0.584. The summed E-state index contributed by atoms with van der Waals surface area (Å²) < 4.78 is 7.37. The number of nitrogens with zero attached hydrogens (tertiary/aromatic N) is 2. The zero-order valence-corrected chi connectivity index (χ0v) is 14.8. The first-order valence-corrected chi connectivity index (χ1v) is 8.43. The summed E-state index contributed by atoms with van der Waals surface area (Å²) in [7, 11) is 1.62. The standard InChI is InChI=1S/C21H17ClN2O/c1-14-23-19-10-8-16(15-6-4-3-5-7-15)12-20(19)24(14)17-9-11-21(25-2)18(22)13-17/h3-13H,1-2H3. The van der Waals surface area contributed by atoms with Gasteiger partial charge in [-0.05, 0) is 48.4 Å². The Bertz CT molecular complexity index is 1050. The van der Waals surface area contributed by atoms with Crippen molar-refractivity contribution in [2.24, 2.45) is 0 Å². The van der Waals surface area contributed by atoms with Gasteiger partial charge in [-0.25, -0.2) is 4.98 Å². The summed E-state index contributed by atoms with van der Waals surface area (Å²) in [5.41, 5.74) is 5.33. The molecule has 0 saturated carbocycles. The number of aryl methyl sites for hydroxylation is 1. The van der Waals surface area contributed by atoms with Crippen LogP contribution in [0.2, 0.25) is 5.02 Å². The zero-order chi connectivity index (χ0) is 17.4. The van der Waals surface area contributed by atoms with E-state index in [0.29, 0.717) is 10.8 Å². The van der Waals surface area contributed by atoms with Crippen molar-refractivity contribution < 1.29 is 4.74 Å². The maximum atomic E-state index is 6.32. The van der Waals surface area contributed by atoms with Gasteiger partial charge < -0.3 is 4.74 Å². The summed E-state index contributed by atoms with van der Waals surface area (Å²) >= 11 is 6.32. The Morgan fingerprint density at radius 2 is 1.72 bits per heavy atom. The molecule has 0 spiro atoms. The molecule has 0 aliphatic rings. The Balaban J connectivity index is 1.91. The zero-order valence-electron chi connectivity index (χ0n) is 14.0. The highest BCUT2D eigenvalue weighted by Crippen LogP contribution is 2.31. The van der Waals surface area contributed by atoms with Gasteiger partial charge in [0.05, 0.1) is 23.2 Å². The van der Waals surface area contributed by atoms with Crippen LogP contribution in [-0.4, -0.2) is 16.7 Å². The van der Waals surface area contributed by atoms with Crippen LogP contribution < -0.4 is 4.74 Å². The van der Waals surface area contributed by atoms with Gasteiger partial charge in [0.1, 0.15) is 11.6 Å². The molecule has 1 aromatic heterocycles. The van der Waals surface area contributed by atoms with E-state index in [4.69, 9.17) is 16.3 Å². The minimum Gasteiger partial charge on any atom is -0.495 e. The van der Waals surface area contributed by atoms with Crippen LogP contribution in [0.3, 0.4) is 0 Å². The molecule has 0 aliphatic carbocycles. The molecular formula is C21H17ClN2O. The summed E-state index contributed by atoms with van der Waals surface area (Å²) in [4.78, 5) is 4.69. The molecular weight excluding hydrogens is 332 g/mol. The van der Waals surface area contributed by atoms with Gasteiger partial charge in [0.25, 0.3) is 0 Å². The first-order valence-electron chi connectivity index (χ1n) is 8.06. The Kier molecular flexibility index (Phi) is 3.94. The van der Waals surface area contributed by atoms with Crippen molar-refractivity contribution in [3.8, 4) is 22.6 Å². The molecule has 4 heteroatoms. The molecule has 0 aliphatic heterocycles. The SMILES string of the molecule is COc1ccc(-n2c(C)nc3ccc(-c4ccccc4)cc32)cc1Cl. The lowest BCUT2D eigenvalue weighted by Crippen LogP contribution is -1.97. The van der Waals surface area contributed by atoms with E-state index in [2.05, 4.69) is 39.9 Å². The monoisotopic (exact) mass is 348 g/mol. The van der Waals surface area contributed by atoms with E-state index >= 15 is 0 Å². The van der Waals surface area contributed by atoms with Crippen molar-refractivity contribution in [2.75, 3.05) is 7.11 Å². The van der Waals surface area contributed by atoms with Gasteiger partial charge >= 0.3 is 0 Å². The van der Waals surface area contributed by atoms with E-state index < -0.39 is 0 Å². The van der Waals surface area contributed by atoms with Crippen molar-refractivity contribution in [2.45, 2.75) is 6.92 Å². The summed E-state index contributed by atoms with van der Waals surface area (Å²) in [5, 5.41) is 0.584. The molecule has 3 nitrogen and oxygen atoms in total. The van der Waals surface area contributed by atoms with E-state index in [0.717, 1.165) is 28.1 Å². The Morgan fingerprint density at radius 3 is 2.44 bits per heavy atom. The lowest BCUT2D eigenvalue weighted by Gasteiger charge is -2.10.